The number of hydrogen-bond donors (Lipinski definition) is 0. The van der Waals surface area contributed by atoms with Crippen molar-refractivity contribution in [3.05, 3.63) is 145 Å². The second kappa shape index (κ2) is 9.61. The van der Waals surface area contributed by atoms with Crippen LogP contribution in [0.15, 0.2) is 153 Å². The van der Waals surface area contributed by atoms with E-state index in [9.17, 15) is 0 Å². The molecular formula is C42H23ClO3. The molecule has 0 atom stereocenters. The molecule has 0 saturated carbocycles. The quantitative estimate of drug-likeness (QED) is 0.200. The van der Waals surface area contributed by atoms with Crippen LogP contribution in [0.5, 0.6) is 0 Å². The summed E-state index contributed by atoms with van der Waals surface area (Å²) in [6.07, 6.45) is 0. The topological polar surface area (TPSA) is 39.4 Å². The third kappa shape index (κ3) is 3.61. The molecular weight excluding hydrogens is 588 g/mol. The first-order chi connectivity index (χ1) is 22.7. The van der Waals surface area contributed by atoms with Gasteiger partial charge in [0.25, 0.3) is 0 Å². The van der Waals surface area contributed by atoms with Crippen LogP contribution in [0.2, 0.25) is 5.02 Å². The van der Waals surface area contributed by atoms with Gasteiger partial charge in [-0.1, -0.05) is 109 Å². The van der Waals surface area contributed by atoms with Crippen LogP contribution in [0.4, 0.5) is 0 Å². The van der Waals surface area contributed by atoms with Gasteiger partial charge in [-0.15, -0.1) is 0 Å². The first kappa shape index (κ1) is 25.5. The highest BCUT2D eigenvalue weighted by atomic mass is 35.5. The fourth-order valence-corrected chi connectivity index (χ4v) is 7.26. The Kier molecular flexibility index (Phi) is 5.34. The molecule has 216 valence electrons. The lowest BCUT2D eigenvalue weighted by Crippen LogP contribution is -1.87. The van der Waals surface area contributed by atoms with E-state index in [1.807, 2.05) is 48.5 Å². The summed E-state index contributed by atoms with van der Waals surface area (Å²) in [6, 6.07) is 47.7. The third-order valence-electron chi connectivity index (χ3n) is 9.19. The van der Waals surface area contributed by atoms with Gasteiger partial charge in [-0.2, -0.15) is 0 Å². The Morgan fingerprint density at radius 3 is 1.43 bits per heavy atom. The molecule has 46 heavy (non-hydrogen) atoms. The second-order valence-electron chi connectivity index (χ2n) is 11.7. The standard InChI is InChI=1S/C42H23ClO3/c43-25-18-16-24(17-19-25)26-20-22-31(41-38(26)33-9-2-5-14-36(33)45-41)32-23-21-28(39-34-10-3-6-15-37(34)46-42(32)39)30-12-7-11-29-27-8-1-4-13-35(27)44-40(29)30/h1-23H. The van der Waals surface area contributed by atoms with Crippen molar-refractivity contribution in [2.45, 2.75) is 0 Å². The van der Waals surface area contributed by atoms with Crippen LogP contribution in [0.3, 0.4) is 0 Å². The zero-order valence-electron chi connectivity index (χ0n) is 24.4. The highest BCUT2D eigenvalue weighted by Gasteiger charge is 2.23. The van der Waals surface area contributed by atoms with Crippen molar-refractivity contribution in [3.8, 4) is 33.4 Å². The van der Waals surface area contributed by atoms with Crippen LogP contribution in [0.1, 0.15) is 0 Å². The predicted octanol–water partition coefficient (Wildman–Crippen LogP) is 13.0. The molecule has 0 bridgehead atoms. The molecule has 4 heteroatoms. The zero-order chi connectivity index (χ0) is 30.4. The SMILES string of the molecule is Clc1ccc(-c2ccc(-c3ccc(-c4cccc5c4oc4ccccc45)c4c3oc3ccccc34)c3oc4ccccc4c23)cc1. The lowest BCUT2D eigenvalue weighted by Gasteiger charge is -2.11. The lowest BCUT2D eigenvalue weighted by molar-refractivity contribution is 0.665. The maximum atomic E-state index is 6.74. The Morgan fingerprint density at radius 2 is 0.783 bits per heavy atom. The van der Waals surface area contributed by atoms with Crippen molar-refractivity contribution >= 4 is 77.4 Å². The molecule has 3 heterocycles. The highest BCUT2D eigenvalue weighted by Crippen LogP contribution is 2.48. The van der Waals surface area contributed by atoms with E-state index in [0.29, 0.717) is 5.02 Å². The summed E-state index contributed by atoms with van der Waals surface area (Å²) in [4.78, 5) is 0. The zero-order valence-corrected chi connectivity index (χ0v) is 25.1. The number of halogens is 1. The number of rotatable bonds is 3. The van der Waals surface area contributed by atoms with Gasteiger partial charge < -0.3 is 13.3 Å². The van der Waals surface area contributed by atoms with Gasteiger partial charge in [0.15, 0.2) is 0 Å². The van der Waals surface area contributed by atoms with Crippen LogP contribution in [0, 0.1) is 0 Å². The first-order valence-corrected chi connectivity index (χ1v) is 15.7. The maximum absolute atomic E-state index is 6.74. The van der Waals surface area contributed by atoms with Crippen LogP contribution in [-0.4, -0.2) is 0 Å². The fraction of sp³-hybridized carbons (Fsp3) is 0. The van der Waals surface area contributed by atoms with Crippen LogP contribution in [0.25, 0.3) is 99.2 Å². The number of hydrogen-bond acceptors (Lipinski definition) is 3. The number of para-hydroxylation sites is 4. The Morgan fingerprint density at radius 1 is 0.326 bits per heavy atom. The molecule has 0 spiro atoms. The van der Waals surface area contributed by atoms with Gasteiger partial charge in [0.05, 0.1) is 0 Å². The minimum atomic E-state index is 0.708. The van der Waals surface area contributed by atoms with E-state index in [2.05, 4.69) is 91.0 Å². The molecule has 0 N–H and O–H groups in total. The van der Waals surface area contributed by atoms with Gasteiger partial charge >= 0.3 is 0 Å². The average Bonchev–Trinajstić information content (AvgIpc) is 3.80. The maximum Gasteiger partial charge on any atom is 0.144 e. The Hall–Kier alpha value is -5.77. The van der Waals surface area contributed by atoms with E-state index in [1.165, 1.54) is 0 Å². The lowest BCUT2D eigenvalue weighted by atomic mass is 9.91. The fourth-order valence-electron chi connectivity index (χ4n) is 7.13. The van der Waals surface area contributed by atoms with Gasteiger partial charge in [-0.25, -0.2) is 0 Å². The van der Waals surface area contributed by atoms with Crippen LogP contribution >= 0.6 is 11.6 Å². The van der Waals surface area contributed by atoms with Gasteiger partial charge in [-0.3, -0.25) is 0 Å². The molecule has 0 unspecified atom stereocenters. The molecule has 7 aromatic carbocycles. The molecule has 0 fully saturated rings. The summed E-state index contributed by atoms with van der Waals surface area (Å²) in [5.74, 6) is 0. The molecule has 10 rings (SSSR count). The molecule has 0 aliphatic carbocycles. The Balaban J connectivity index is 1.29. The molecule has 3 nitrogen and oxygen atoms in total. The van der Waals surface area contributed by atoms with E-state index in [4.69, 9.17) is 24.9 Å². The summed E-state index contributed by atoms with van der Waals surface area (Å²) >= 11 is 6.26. The summed E-state index contributed by atoms with van der Waals surface area (Å²) in [5.41, 5.74) is 11.3. The van der Waals surface area contributed by atoms with Gasteiger partial charge in [0.2, 0.25) is 0 Å². The minimum absolute atomic E-state index is 0.708. The number of benzene rings is 7. The van der Waals surface area contributed by atoms with Gasteiger partial charge in [-0.05, 0) is 59.2 Å². The second-order valence-corrected chi connectivity index (χ2v) is 12.1. The van der Waals surface area contributed by atoms with Crippen molar-refractivity contribution in [2.75, 3.05) is 0 Å². The summed E-state index contributed by atoms with van der Waals surface area (Å²) in [5, 5.41) is 7.15. The van der Waals surface area contributed by atoms with E-state index in [0.717, 1.165) is 99.2 Å². The van der Waals surface area contributed by atoms with Gasteiger partial charge in [0, 0.05) is 54.0 Å². The molecule has 0 amide bonds. The average molecular weight is 611 g/mol. The van der Waals surface area contributed by atoms with E-state index in [-0.39, 0.29) is 0 Å². The molecule has 0 saturated heterocycles. The highest BCUT2D eigenvalue weighted by molar-refractivity contribution is 6.30. The van der Waals surface area contributed by atoms with E-state index in [1.54, 1.807) is 0 Å². The predicted molar refractivity (Wildman–Crippen MR) is 190 cm³/mol. The molecule has 0 aliphatic rings. The Labute approximate surface area is 267 Å². The monoisotopic (exact) mass is 610 g/mol. The van der Waals surface area contributed by atoms with E-state index >= 15 is 0 Å². The van der Waals surface area contributed by atoms with Crippen molar-refractivity contribution in [1.82, 2.24) is 0 Å². The van der Waals surface area contributed by atoms with E-state index < -0.39 is 0 Å². The van der Waals surface area contributed by atoms with Gasteiger partial charge in [0.1, 0.15) is 33.5 Å². The largest absolute Gasteiger partial charge is 0.455 e. The summed E-state index contributed by atoms with van der Waals surface area (Å²) in [7, 11) is 0. The number of furan rings is 3. The summed E-state index contributed by atoms with van der Waals surface area (Å²) in [6.45, 7) is 0. The molecule has 3 aromatic heterocycles. The first-order valence-electron chi connectivity index (χ1n) is 15.3. The third-order valence-corrected chi connectivity index (χ3v) is 9.44. The van der Waals surface area contributed by atoms with Crippen LogP contribution in [-0.2, 0) is 0 Å². The minimum Gasteiger partial charge on any atom is -0.455 e. The van der Waals surface area contributed by atoms with Crippen molar-refractivity contribution in [3.63, 3.8) is 0 Å². The van der Waals surface area contributed by atoms with Crippen molar-refractivity contribution in [2.24, 2.45) is 0 Å². The smallest absolute Gasteiger partial charge is 0.144 e. The molecule has 0 radical (unpaired) electrons. The van der Waals surface area contributed by atoms with Crippen molar-refractivity contribution in [1.29, 1.82) is 0 Å². The molecule has 10 aromatic rings. The van der Waals surface area contributed by atoms with Crippen LogP contribution < -0.4 is 0 Å². The molecule has 0 aliphatic heterocycles. The van der Waals surface area contributed by atoms with Crippen molar-refractivity contribution < 1.29 is 13.3 Å². The summed E-state index contributed by atoms with van der Waals surface area (Å²) < 4.78 is 19.9. The Bertz CT molecular complexity index is 2810. The normalized spacial score (nSPS) is 12.0. The number of fused-ring (bicyclic) bond motifs is 9.